The van der Waals surface area contributed by atoms with Crippen LogP contribution in [0.15, 0.2) is 72.8 Å². The highest BCUT2D eigenvalue weighted by Crippen LogP contribution is 2.21. The number of nitrogens with one attached hydrogen (secondary N) is 3. The first kappa shape index (κ1) is 22.9. The predicted octanol–water partition coefficient (Wildman–Crippen LogP) is 4.97. The average molecular weight is 473 g/mol. The quantitative estimate of drug-likeness (QED) is 0.270. The third-order valence-electron chi connectivity index (χ3n) is 5.25. The van der Waals surface area contributed by atoms with Crippen LogP contribution in [0.4, 0.5) is 11.4 Å². The van der Waals surface area contributed by atoms with Crippen molar-refractivity contribution in [2.45, 2.75) is 12.8 Å². The predicted molar refractivity (Wildman–Crippen MR) is 136 cm³/mol. The molecular formula is C25H24N6O2S. The molecule has 0 saturated heterocycles. The van der Waals surface area contributed by atoms with Crippen molar-refractivity contribution in [2.75, 3.05) is 17.7 Å². The van der Waals surface area contributed by atoms with E-state index >= 15 is 0 Å². The number of rotatable bonds is 8. The molecule has 0 aliphatic heterocycles. The summed E-state index contributed by atoms with van der Waals surface area (Å²) in [5, 5.41) is 25.7. The van der Waals surface area contributed by atoms with Crippen LogP contribution in [0.25, 0.3) is 11.8 Å². The number of anilines is 2. The highest BCUT2D eigenvalue weighted by Gasteiger charge is 2.11. The van der Waals surface area contributed by atoms with Crippen molar-refractivity contribution >= 4 is 35.6 Å². The van der Waals surface area contributed by atoms with Gasteiger partial charge in [-0.1, -0.05) is 40.7 Å². The Morgan fingerprint density at radius 1 is 1.15 bits per heavy atom. The maximum Gasteiger partial charge on any atom is 0.255 e. The summed E-state index contributed by atoms with van der Waals surface area (Å²) in [7, 11) is 1.87. The van der Waals surface area contributed by atoms with Gasteiger partial charge < -0.3 is 15.7 Å². The summed E-state index contributed by atoms with van der Waals surface area (Å²) in [6.07, 6.45) is 5.68. The van der Waals surface area contributed by atoms with Crippen molar-refractivity contribution in [3.05, 3.63) is 94.3 Å². The number of carbonyl (C=O) groups is 1. The molecule has 9 heteroatoms. The number of amides is 1. The molecule has 4 N–H and O–H groups in total. The normalized spacial score (nSPS) is 11.0. The molecule has 0 atom stereocenters. The minimum Gasteiger partial charge on any atom is -0.508 e. The van der Waals surface area contributed by atoms with Crippen molar-refractivity contribution in [3.8, 4) is 11.4 Å². The van der Waals surface area contributed by atoms with Crippen LogP contribution in [0.2, 0.25) is 0 Å². The number of benzene rings is 3. The van der Waals surface area contributed by atoms with Crippen LogP contribution in [-0.2, 0) is 6.42 Å². The molecule has 0 bridgehead atoms. The fraction of sp³-hybridized carbons (Fsp3) is 0.120. The van der Waals surface area contributed by atoms with Gasteiger partial charge in [0.1, 0.15) is 5.75 Å². The number of tetrazole rings is 1. The highest BCUT2D eigenvalue weighted by molar-refractivity contribution is 7.71. The van der Waals surface area contributed by atoms with E-state index in [1.807, 2.05) is 55.6 Å². The molecule has 1 aromatic heterocycles. The molecule has 4 rings (SSSR count). The number of nitrogens with zero attached hydrogens (tertiary/aromatic N) is 3. The number of hydrogen-bond acceptors (Lipinski definition) is 6. The third kappa shape index (κ3) is 5.57. The van der Waals surface area contributed by atoms with E-state index in [0.717, 1.165) is 35.3 Å². The fourth-order valence-corrected chi connectivity index (χ4v) is 3.71. The topological polar surface area (TPSA) is 108 Å². The first-order valence-corrected chi connectivity index (χ1v) is 11.1. The Morgan fingerprint density at radius 3 is 2.71 bits per heavy atom. The summed E-state index contributed by atoms with van der Waals surface area (Å²) < 4.78 is 1.85. The van der Waals surface area contributed by atoms with Gasteiger partial charge in [-0.15, -0.1) is 0 Å². The maximum absolute atomic E-state index is 12.9. The number of aromatic nitrogens is 4. The van der Waals surface area contributed by atoms with E-state index in [-0.39, 0.29) is 11.7 Å². The second-order valence-electron chi connectivity index (χ2n) is 7.58. The van der Waals surface area contributed by atoms with Gasteiger partial charge in [0.15, 0.2) is 0 Å². The van der Waals surface area contributed by atoms with E-state index in [1.165, 1.54) is 0 Å². The van der Waals surface area contributed by atoms with Crippen molar-refractivity contribution in [1.82, 2.24) is 20.2 Å². The lowest BCUT2D eigenvalue weighted by atomic mass is 10.0. The lowest BCUT2D eigenvalue weighted by Gasteiger charge is -2.12. The molecule has 0 saturated carbocycles. The molecule has 0 aliphatic rings. The zero-order valence-corrected chi connectivity index (χ0v) is 19.3. The molecule has 1 amide bonds. The van der Waals surface area contributed by atoms with Gasteiger partial charge in [-0.25, -0.2) is 4.68 Å². The molecule has 0 spiro atoms. The summed E-state index contributed by atoms with van der Waals surface area (Å²) in [6, 6.07) is 20.0. The van der Waals surface area contributed by atoms with Crippen LogP contribution in [0.1, 0.15) is 27.9 Å². The Morgan fingerprint density at radius 2 is 1.97 bits per heavy atom. The largest absolute Gasteiger partial charge is 0.508 e. The molecule has 0 fully saturated rings. The zero-order chi connectivity index (χ0) is 23.9. The number of phenols is 1. The van der Waals surface area contributed by atoms with Gasteiger partial charge in [-0.05, 0) is 84.7 Å². The molecule has 1 heterocycles. The number of allylic oxidation sites excluding steroid dienone is 1. The number of carbonyl (C=O) groups excluding carboxylic acids is 1. The minimum absolute atomic E-state index is 0.202. The van der Waals surface area contributed by atoms with Crippen LogP contribution in [0.5, 0.6) is 5.75 Å². The number of aryl methyl sites for hydroxylation is 1. The van der Waals surface area contributed by atoms with Crippen LogP contribution < -0.4 is 10.6 Å². The van der Waals surface area contributed by atoms with E-state index < -0.39 is 0 Å². The Bertz CT molecular complexity index is 1370. The lowest BCUT2D eigenvalue weighted by molar-refractivity contribution is 0.102. The summed E-state index contributed by atoms with van der Waals surface area (Å²) in [5.41, 5.74) is 4.98. The van der Waals surface area contributed by atoms with Crippen molar-refractivity contribution < 1.29 is 9.90 Å². The standard InChI is InChI=1S/C25H24N6O2S/c1-26-23-14-11-19(15-18(23)6-3-2-5-17-9-12-22(32)13-10-17)24(33)27-20-7-4-8-21(16-20)31-25(34)28-29-30-31/h2,4-5,7-16,26,32H,3,6H2,1H3,(H,27,33)(H,28,30,34). The monoisotopic (exact) mass is 472 g/mol. The number of aromatic hydroxyl groups is 1. The smallest absolute Gasteiger partial charge is 0.255 e. The van der Waals surface area contributed by atoms with Gasteiger partial charge in [0.05, 0.1) is 5.69 Å². The van der Waals surface area contributed by atoms with E-state index in [4.69, 9.17) is 12.2 Å². The van der Waals surface area contributed by atoms with E-state index in [9.17, 15) is 9.90 Å². The highest BCUT2D eigenvalue weighted by atomic mass is 32.1. The Kier molecular flexibility index (Phi) is 7.14. The summed E-state index contributed by atoms with van der Waals surface area (Å²) in [5.74, 6) is 0.0480. The van der Waals surface area contributed by atoms with Crippen LogP contribution >= 0.6 is 12.2 Å². The number of H-pyrrole nitrogens is 1. The van der Waals surface area contributed by atoms with Gasteiger partial charge in [-0.2, -0.15) is 5.21 Å². The van der Waals surface area contributed by atoms with E-state index in [2.05, 4.69) is 32.2 Å². The molecule has 4 aromatic rings. The first-order chi connectivity index (χ1) is 16.5. The summed E-state index contributed by atoms with van der Waals surface area (Å²) in [6.45, 7) is 0. The van der Waals surface area contributed by atoms with Gasteiger partial charge in [-0.3, -0.25) is 4.79 Å². The molecule has 172 valence electrons. The minimum atomic E-state index is -0.202. The number of hydrogen-bond donors (Lipinski definition) is 4. The van der Waals surface area contributed by atoms with E-state index in [0.29, 0.717) is 16.0 Å². The SMILES string of the molecule is CNc1ccc(C(=O)Nc2cccc(-n3[nH]nnc3=S)c2)cc1CCC=Cc1ccc(O)cc1. The average Bonchev–Trinajstić information content (AvgIpc) is 3.29. The van der Waals surface area contributed by atoms with Gasteiger partial charge >= 0.3 is 0 Å². The Balaban J connectivity index is 1.45. The zero-order valence-electron chi connectivity index (χ0n) is 18.5. The van der Waals surface area contributed by atoms with Gasteiger partial charge in [0.25, 0.3) is 5.91 Å². The van der Waals surface area contributed by atoms with Crippen LogP contribution in [-0.4, -0.2) is 38.3 Å². The van der Waals surface area contributed by atoms with Gasteiger partial charge in [0.2, 0.25) is 4.77 Å². The Hall–Kier alpha value is -4.24. The fourth-order valence-electron chi connectivity index (χ4n) is 3.52. The lowest BCUT2D eigenvalue weighted by Crippen LogP contribution is -2.13. The summed E-state index contributed by atoms with van der Waals surface area (Å²) >= 11 is 5.14. The molecule has 0 radical (unpaired) electrons. The molecule has 8 nitrogen and oxygen atoms in total. The van der Waals surface area contributed by atoms with Gasteiger partial charge in [0, 0.05) is 24.0 Å². The van der Waals surface area contributed by atoms with Crippen molar-refractivity contribution in [1.29, 1.82) is 0 Å². The molecule has 3 aromatic carbocycles. The molecule has 0 unspecified atom stereocenters. The van der Waals surface area contributed by atoms with Crippen molar-refractivity contribution in [2.24, 2.45) is 0 Å². The van der Waals surface area contributed by atoms with E-state index in [1.54, 1.807) is 28.9 Å². The second kappa shape index (κ2) is 10.6. The Labute approximate surface area is 202 Å². The molecule has 0 aliphatic carbocycles. The second-order valence-corrected chi connectivity index (χ2v) is 7.94. The maximum atomic E-state index is 12.9. The first-order valence-electron chi connectivity index (χ1n) is 10.7. The van der Waals surface area contributed by atoms with Crippen LogP contribution in [0, 0.1) is 4.77 Å². The van der Waals surface area contributed by atoms with Crippen LogP contribution in [0.3, 0.4) is 0 Å². The summed E-state index contributed by atoms with van der Waals surface area (Å²) in [4.78, 5) is 12.9. The molecular weight excluding hydrogens is 448 g/mol. The number of phenolic OH excluding ortho intramolecular Hbond substituents is 1. The van der Waals surface area contributed by atoms with Crippen molar-refractivity contribution in [3.63, 3.8) is 0 Å². The third-order valence-corrected chi connectivity index (χ3v) is 5.52. The molecule has 34 heavy (non-hydrogen) atoms. The number of aromatic amines is 1.